The molecule has 0 radical (unpaired) electrons. The van der Waals surface area contributed by atoms with Crippen LogP contribution < -0.4 is 5.73 Å². The van der Waals surface area contributed by atoms with Gasteiger partial charge in [-0.25, -0.2) is 4.39 Å². The van der Waals surface area contributed by atoms with E-state index in [0.29, 0.717) is 0 Å². The highest BCUT2D eigenvalue weighted by molar-refractivity contribution is 5.46. The Labute approximate surface area is 76.7 Å². The lowest BCUT2D eigenvalue weighted by Crippen LogP contribution is -2.15. The Morgan fingerprint density at radius 3 is 2.92 bits per heavy atom. The van der Waals surface area contributed by atoms with Crippen LogP contribution >= 0.6 is 0 Å². The van der Waals surface area contributed by atoms with Gasteiger partial charge in [0.15, 0.2) is 0 Å². The summed E-state index contributed by atoms with van der Waals surface area (Å²) in [5.74, 6) is -0.126. The molecule has 1 spiro atoms. The van der Waals surface area contributed by atoms with Gasteiger partial charge < -0.3 is 5.73 Å². The van der Waals surface area contributed by atoms with Gasteiger partial charge in [-0.3, -0.25) is 0 Å². The molecule has 0 aromatic heterocycles. The molecule has 0 bridgehead atoms. The van der Waals surface area contributed by atoms with Crippen LogP contribution in [0, 0.1) is 5.82 Å². The van der Waals surface area contributed by atoms with Crippen molar-refractivity contribution in [1.82, 2.24) is 0 Å². The molecule has 0 amide bonds. The molecular weight excluding hydrogens is 165 g/mol. The maximum absolute atomic E-state index is 13.0. The molecule has 68 valence electrons. The van der Waals surface area contributed by atoms with Gasteiger partial charge in [-0.1, -0.05) is 6.07 Å². The fourth-order valence-electron chi connectivity index (χ4n) is 2.65. The minimum absolute atomic E-state index is 0.126. The third-order valence-electron chi connectivity index (χ3n) is 3.58. The second-order valence-electron chi connectivity index (χ2n) is 4.27. The first kappa shape index (κ1) is 7.51. The quantitative estimate of drug-likeness (QED) is 0.641. The minimum Gasteiger partial charge on any atom is -0.327 e. The zero-order chi connectivity index (χ0) is 9.05. The number of nitrogens with two attached hydrogens (primary N) is 1. The van der Waals surface area contributed by atoms with Gasteiger partial charge in [-0.2, -0.15) is 0 Å². The molecule has 13 heavy (non-hydrogen) atoms. The van der Waals surface area contributed by atoms with Gasteiger partial charge in [-0.05, 0) is 42.5 Å². The van der Waals surface area contributed by atoms with E-state index < -0.39 is 0 Å². The molecule has 1 fully saturated rings. The molecule has 2 aliphatic rings. The summed E-state index contributed by atoms with van der Waals surface area (Å²) in [7, 11) is 0. The molecule has 2 aliphatic carbocycles. The Morgan fingerprint density at radius 1 is 1.46 bits per heavy atom. The summed E-state index contributed by atoms with van der Waals surface area (Å²) >= 11 is 0. The second kappa shape index (κ2) is 2.13. The fourth-order valence-corrected chi connectivity index (χ4v) is 2.65. The van der Waals surface area contributed by atoms with Crippen LogP contribution in [0.1, 0.15) is 24.0 Å². The highest BCUT2D eigenvalue weighted by Gasteiger charge is 2.56. The summed E-state index contributed by atoms with van der Waals surface area (Å²) in [5.41, 5.74) is 8.55. The van der Waals surface area contributed by atoms with Gasteiger partial charge in [0.1, 0.15) is 5.82 Å². The maximum Gasteiger partial charge on any atom is 0.123 e. The number of hydrogen-bond acceptors (Lipinski definition) is 1. The highest BCUT2D eigenvalue weighted by Crippen LogP contribution is 2.55. The minimum atomic E-state index is -0.126. The van der Waals surface area contributed by atoms with Crippen LogP contribution in [-0.2, 0) is 11.8 Å². The first-order valence-corrected chi connectivity index (χ1v) is 4.77. The summed E-state index contributed by atoms with van der Waals surface area (Å²) < 4.78 is 13.0. The van der Waals surface area contributed by atoms with Gasteiger partial charge in [0.25, 0.3) is 0 Å². The van der Waals surface area contributed by atoms with E-state index in [1.165, 1.54) is 11.1 Å². The van der Waals surface area contributed by atoms with Crippen LogP contribution in [-0.4, -0.2) is 6.04 Å². The zero-order valence-electron chi connectivity index (χ0n) is 7.39. The summed E-state index contributed by atoms with van der Waals surface area (Å²) in [6.45, 7) is 0. The van der Waals surface area contributed by atoms with Crippen LogP contribution in [0.5, 0.6) is 0 Å². The Hall–Kier alpha value is -0.890. The summed E-state index contributed by atoms with van der Waals surface area (Å²) in [4.78, 5) is 0. The van der Waals surface area contributed by atoms with Crippen molar-refractivity contribution in [3.05, 3.63) is 35.1 Å². The van der Waals surface area contributed by atoms with Crippen molar-refractivity contribution in [3.63, 3.8) is 0 Å². The van der Waals surface area contributed by atoms with E-state index in [1.54, 1.807) is 12.1 Å². The summed E-state index contributed by atoms with van der Waals surface area (Å²) in [6.07, 6.45) is 3.24. The average Bonchev–Trinajstić information content (AvgIpc) is 2.61. The first-order chi connectivity index (χ1) is 6.22. The van der Waals surface area contributed by atoms with E-state index in [0.717, 1.165) is 19.3 Å². The van der Waals surface area contributed by atoms with Crippen molar-refractivity contribution in [1.29, 1.82) is 0 Å². The molecular formula is C11H12FN. The maximum atomic E-state index is 13.0. The average molecular weight is 177 g/mol. The lowest BCUT2D eigenvalue weighted by atomic mass is 9.97. The van der Waals surface area contributed by atoms with E-state index in [2.05, 4.69) is 0 Å². The molecule has 3 rings (SSSR count). The van der Waals surface area contributed by atoms with Crippen LogP contribution in [0.15, 0.2) is 18.2 Å². The zero-order valence-corrected chi connectivity index (χ0v) is 7.39. The van der Waals surface area contributed by atoms with E-state index in [-0.39, 0.29) is 17.3 Å². The molecule has 2 N–H and O–H groups in total. The number of halogens is 1. The Bertz CT molecular complexity index is 374. The van der Waals surface area contributed by atoms with Crippen molar-refractivity contribution in [3.8, 4) is 0 Å². The number of rotatable bonds is 0. The largest absolute Gasteiger partial charge is 0.327 e. The van der Waals surface area contributed by atoms with Gasteiger partial charge in [0.05, 0.1) is 0 Å². The molecule has 0 saturated heterocycles. The lowest BCUT2D eigenvalue weighted by molar-refractivity contribution is 0.613. The molecule has 2 atom stereocenters. The SMILES string of the molecule is NC1CC12CCc1ccc(F)cc12. The van der Waals surface area contributed by atoms with Crippen LogP contribution in [0.3, 0.4) is 0 Å². The lowest BCUT2D eigenvalue weighted by Gasteiger charge is -2.08. The molecule has 2 heteroatoms. The van der Waals surface area contributed by atoms with Crippen molar-refractivity contribution in [2.75, 3.05) is 0 Å². The number of hydrogen-bond donors (Lipinski definition) is 1. The smallest absolute Gasteiger partial charge is 0.123 e. The van der Waals surface area contributed by atoms with E-state index in [1.807, 2.05) is 6.07 Å². The van der Waals surface area contributed by atoms with Crippen LogP contribution in [0.2, 0.25) is 0 Å². The molecule has 1 aromatic carbocycles. The Kier molecular flexibility index (Phi) is 1.23. The normalized spacial score (nSPS) is 35.1. The van der Waals surface area contributed by atoms with Crippen molar-refractivity contribution in [2.45, 2.75) is 30.7 Å². The molecule has 0 aliphatic heterocycles. The predicted octanol–water partition coefficient (Wildman–Crippen LogP) is 1.74. The first-order valence-electron chi connectivity index (χ1n) is 4.77. The molecule has 0 heterocycles. The Morgan fingerprint density at radius 2 is 2.23 bits per heavy atom. The molecule has 1 nitrogen and oxygen atoms in total. The molecule has 1 aromatic rings. The fraction of sp³-hybridized carbons (Fsp3) is 0.455. The monoisotopic (exact) mass is 177 g/mol. The molecule has 2 unspecified atom stereocenters. The highest BCUT2D eigenvalue weighted by atomic mass is 19.1. The predicted molar refractivity (Wildman–Crippen MR) is 49.0 cm³/mol. The van der Waals surface area contributed by atoms with E-state index in [4.69, 9.17) is 5.73 Å². The standard InChI is InChI=1S/C11H12FN/c12-8-2-1-7-3-4-11(6-10(11)13)9(7)5-8/h1-2,5,10H,3-4,6,13H2. The van der Waals surface area contributed by atoms with Crippen molar-refractivity contribution >= 4 is 0 Å². The van der Waals surface area contributed by atoms with E-state index >= 15 is 0 Å². The topological polar surface area (TPSA) is 26.0 Å². The number of fused-ring (bicyclic) bond motifs is 2. The van der Waals surface area contributed by atoms with Gasteiger partial charge in [0.2, 0.25) is 0 Å². The van der Waals surface area contributed by atoms with Gasteiger partial charge >= 0.3 is 0 Å². The van der Waals surface area contributed by atoms with Gasteiger partial charge in [-0.15, -0.1) is 0 Å². The van der Waals surface area contributed by atoms with Crippen molar-refractivity contribution < 1.29 is 4.39 Å². The van der Waals surface area contributed by atoms with E-state index in [9.17, 15) is 4.39 Å². The Balaban J connectivity index is 2.15. The summed E-state index contributed by atoms with van der Waals surface area (Å²) in [6, 6.07) is 5.40. The second-order valence-corrected chi connectivity index (χ2v) is 4.27. The van der Waals surface area contributed by atoms with Crippen molar-refractivity contribution in [2.24, 2.45) is 5.73 Å². The third-order valence-corrected chi connectivity index (χ3v) is 3.58. The van der Waals surface area contributed by atoms with Crippen LogP contribution in [0.25, 0.3) is 0 Å². The van der Waals surface area contributed by atoms with Gasteiger partial charge in [0, 0.05) is 11.5 Å². The number of aryl methyl sites for hydroxylation is 1. The molecule has 1 saturated carbocycles. The number of benzene rings is 1. The third kappa shape index (κ3) is 0.841. The summed E-state index contributed by atoms with van der Waals surface area (Å²) in [5, 5.41) is 0. The van der Waals surface area contributed by atoms with Crippen LogP contribution in [0.4, 0.5) is 4.39 Å².